The van der Waals surface area contributed by atoms with E-state index in [2.05, 4.69) is 4.90 Å². The number of amides is 2. The molecule has 2 aromatic rings. The van der Waals surface area contributed by atoms with Crippen LogP contribution in [0.1, 0.15) is 26.3 Å². The molecule has 0 spiro atoms. The molecule has 0 aliphatic carbocycles. The monoisotopic (exact) mass is 278 g/mol. The predicted molar refractivity (Wildman–Crippen MR) is 81.0 cm³/mol. The third-order valence-electron chi connectivity index (χ3n) is 4.24. The van der Waals surface area contributed by atoms with Crippen molar-refractivity contribution in [3.63, 3.8) is 0 Å². The number of carbonyl (C=O) groups excluding carboxylic acids is 2. The molecule has 0 aromatic heterocycles. The predicted octanol–water partition coefficient (Wildman–Crippen LogP) is 2.48. The van der Waals surface area contributed by atoms with Gasteiger partial charge in [0.25, 0.3) is 11.8 Å². The number of benzene rings is 2. The Morgan fingerprint density at radius 2 is 1.62 bits per heavy atom. The van der Waals surface area contributed by atoms with Gasteiger partial charge in [-0.15, -0.1) is 0 Å². The van der Waals surface area contributed by atoms with E-state index >= 15 is 0 Å². The standard InChI is InChI=1S/C17H14N2O2/c1-18-9-8-11-10-12(6-7-15(11)18)19-16(20)13-4-2-3-5-14(13)17(19)21/h2-7,10H,8-9H2,1H3. The molecule has 2 aromatic carbocycles. The van der Waals surface area contributed by atoms with Crippen LogP contribution in [-0.4, -0.2) is 25.4 Å². The maximum atomic E-state index is 12.5. The first-order valence-electron chi connectivity index (χ1n) is 6.99. The summed E-state index contributed by atoms with van der Waals surface area (Å²) in [5, 5.41) is 0. The van der Waals surface area contributed by atoms with Gasteiger partial charge in [0.2, 0.25) is 0 Å². The van der Waals surface area contributed by atoms with Crippen molar-refractivity contribution in [3.8, 4) is 0 Å². The fourth-order valence-electron chi connectivity index (χ4n) is 3.12. The first kappa shape index (κ1) is 12.1. The molecule has 2 aliphatic rings. The van der Waals surface area contributed by atoms with E-state index in [4.69, 9.17) is 0 Å². The van der Waals surface area contributed by atoms with Gasteiger partial charge in [0, 0.05) is 19.3 Å². The van der Waals surface area contributed by atoms with Gasteiger partial charge in [-0.1, -0.05) is 12.1 Å². The molecule has 4 rings (SSSR count). The quantitative estimate of drug-likeness (QED) is 0.752. The summed E-state index contributed by atoms with van der Waals surface area (Å²) in [5.41, 5.74) is 4.00. The minimum Gasteiger partial charge on any atom is -0.374 e. The molecule has 0 N–H and O–H groups in total. The van der Waals surface area contributed by atoms with Crippen LogP contribution in [0.25, 0.3) is 0 Å². The lowest BCUT2D eigenvalue weighted by Gasteiger charge is -2.16. The molecule has 0 saturated heterocycles. The number of rotatable bonds is 1. The number of likely N-dealkylation sites (N-methyl/N-ethyl adjacent to an activating group) is 1. The number of hydrogen-bond acceptors (Lipinski definition) is 3. The minimum absolute atomic E-state index is 0.234. The first-order valence-corrected chi connectivity index (χ1v) is 6.99. The van der Waals surface area contributed by atoms with Gasteiger partial charge in [0.15, 0.2) is 0 Å². The van der Waals surface area contributed by atoms with Crippen molar-refractivity contribution in [3.05, 3.63) is 59.2 Å². The molecule has 0 radical (unpaired) electrons. The van der Waals surface area contributed by atoms with E-state index in [0.29, 0.717) is 16.8 Å². The molecule has 21 heavy (non-hydrogen) atoms. The van der Waals surface area contributed by atoms with Gasteiger partial charge in [-0.3, -0.25) is 9.59 Å². The largest absolute Gasteiger partial charge is 0.374 e. The highest BCUT2D eigenvalue weighted by molar-refractivity contribution is 6.34. The zero-order chi connectivity index (χ0) is 14.6. The van der Waals surface area contributed by atoms with Crippen molar-refractivity contribution in [1.29, 1.82) is 0 Å². The van der Waals surface area contributed by atoms with Gasteiger partial charge in [0.05, 0.1) is 16.8 Å². The molecule has 4 heteroatoms. The molecule has 0 bridgehead atoms. The lowest BCUT2D eigenvalue weighted by Crippen LogP contribution is -2.29. The number of nitrogens with zero attached hydrogens (tertiary/aromatic N) is 2. The van der Waals surface area contributed by atoms with Crippen molar-refractivity contribution in [2.75, 3.05) is 23.4 Å². The second-order valence-corrected chi connectivity index (χ2v) is 5.48. The van der Waals surface area contributed by atoms with Gasteiger partial charge < -0.3 is 4.90 Å². The Labute approximate surface area is 122 Å². The van der Waals surface area contributed by atoms with Crippen molar-refractivity contribution in [2.24, 2.45) is 0 Å². The average Bonchev–Trinajstić information content (AvgIpc) is 2.99. The van der Waals surface area contributed by atoms with E-state index in [1.807, 2.05) is 25.2 Å². The summed E-state index contributed by atoms with van der Waals surface area (Å²) in [6.07, 6.45) is 0.947. The Morgan fingerprint density at radius 1 is 0.952 bits per heavy atom. The molecule has 0 atom stereocenters. The molecule has 4 nitrogen and oxygen atoms in total. The van der Waals surface area contributed by atoms with Crippen LogP contribution >= 0.6 is 0 Å². The molecule has 0 unspecified atom stereocenters. The topological polar surface area (TPSA) is 40.6 Å². The molecule has 104 valence electrons. The second-order valence-electron chi connectivity index (χ2n) is 5.48. The van der Waals surface area contributed by atoms with E-state index < -0.39 is 0 Å². The van der Waals surface area contributed by atoms with Gasteiger partial charge in [-0.2, -0.15) is 0 Å². The summed E-state index contributed by atoms with van der Waals surface area (Å²) in [4.78, 5) is 28.4. The maximum Gasteiger partial charge on any atom is 0.266 e. The molecule has 2 amide bonds. The second kappa shape index (κ2) is 4.19. The van der Waals surface area contributed by atoms with E-state index in [9.17, 15) is 9.59 Å². The zero-order valence-corrected chi connectivity index (χ0v) is 11.7. The van der Waals surface area contributed by atoms with Crippen LogP contribution in [-0.2, 0) is 6.42 Å². The molecular weight excluding hydrogens is 264 g/mol. The van der Waals surface area contributed by atoms with Gasteiger partial charge >= 0.3 is 0 Å². The van der Waals surface area contributed by atoms with Crippen LogP contribution in [0.15, 0.2) is 42.5 Å². The van der Waals surface area contributed by atoms with Crippen LogP contribution < -0.4 is 9.80 Å². The SMILES string of the molecule is CN1CCc2cc(N3C(=O)c4ccccc4C3=O)ccc21. The highest BCUT2D eigenvalue weighted by atomic mass is 16.2. The maximum absolute atomic E-state index is 12.5. The molecule has 2 heterocycles. The molecule has 0 saturated carbocycles. The zero-order valence-electron chi connectivity index (χ0n) is 11.7. The van der Waals surface area contributed by atoms with E-state index in [1.165, 1.54) is 16.2 Å². The molecule has 2 aliphatic heterocycles. The van der Waals surface area contributed by atoms with Crippen LogP contribution in [0.3, 0.4) is 0 Å². The number of carbonyl (C=O) groups is 2. The van der Waals surface area contributed by atoms with Crippen molar-refractivity contribution < 1.29 is 9.59 Å². The van der Waals surface area contributed by atoms with Crippen molar-refractivity contribution >= 4 is 23.2 Å². The van der Waals surface area contributed by atoms with Crippen LogP contribution in [0.5, 0.6) is 0 Å². The van der Waals surface area contributed by atoms with E-state index in [1.54, 1.807) is 24.3 Å². The van der Waals surface area contributed by atoms with Gasteiger partial charge in [0.1, 0.15) is 0 Å². The molecular formula is C17H14N2O2. The van der Waals surface area contributed by atoms with Crippen molar-refractivity contribution in [1.82, 2.24) is 0 Å². The molecule has 0 fully saturated rings. The Kier molecular flexibility index (Phi) is 2.42. The number of imide groups is 1. The smallest absolute Gasteiger partial charge is 0.266 e. The Bertz CT molecular complexity index is 747. The van der Waals surface area contributed by atoms with Crippen LogP contribution in [0, 0.1) is 0 Å². The number of hydrogen-bond donors (Lipinski definition) is 0. The van der Waals surface area contributed by atoms with Gasteiger partial charge in [-0.25, -0.2) is 4.90 Å². The Morgan fingerprint density at radius 3 is 2.29 bits per heavy atom. The summed E-state index contributed by atoms with van der Waals surface area (Å²) in [5.74, 6) is -0.469. The lowest BCUT2D eigenvalue weighted by molar-refractivity contribution is 0.0926. The summed E-state index contributed by atoms with van der Waals surface area (Å²) >= 11 is 0. The fourth-order valence-corrected chi connectivity index (χ4v) is 3.12. The highest BCUT2D eigenvalue weighted by Gasteiger charge is 2.36. The highest BCUT2D eigenvalue weighted by Crippen LogP contribution is 2.34. The van der Waals surface area contributed by atoms with E-state index in [0.717, 1.165) is 13.0 Å². The first-order chi connectivity index (χ1) is 10.2. The Hall–Kier alpha value is -2.62. The third kappa shape index (κ3) is 1.62. The van der Waals surface area contributed by atoms with Crippen LogP contribution in [0.2, 0.25) is 0 Å². The summed E-state index contributed by atoms with van der Waals surface area (Å²) in [6, 6.07) is 12.8. The summed E-state index contributed by atoms with van der Waals surface area (Å²) in [6.45, 7) is 0.973. The minimum atomic E-state index is -0.234. The Balaban J connectivity index is 1.79. The number of anilines is 2. The summed E-state index contributed by atoms with van der Waals surface area (Å²) in [7, 11) is 2.05. The van der Waals surface area contributed by atoms with E-state index in [-0.39, 0.29) is 11.8 Å². The normalized spacial score (nSPS) is 16.4. The third-order valence-corrected chi connectivity index (χ3v) is 4.24. The summed E-state index contributed by atoms with van der Waals surface area (Å²) < 4.78 is 0. The van der Waals surface area contributed by atoms with Crippen LogP contribution in [0.4, 0.5) is 11.4 Å². The van der Waals surface area contributed by atoms with Crippen molar-refractivity contribution in [2.45, 2.75) is 6.42 Å². The number of fused-ring (bicyclic) bond motifs is 2. The lowest BCUT2D eigenvalue weighted by atomic mass is 10.1. The van der Waals surface area contributed by atoms with Gasteiger partial charge in [-0.05, 0) is 42.3 Å². The fraction of sp³-hybridized carbons (Fsp3) is 0.176. The average molecular weight is 278 g/mol.